The lowest BCUT2D eigenvalue weighted by atomic mass is 9.89. The molecule has 1 aliphatic rings. The van der Waals surface area contributed by atoms with Crippen LogP contribution in [0, 0.1) is 0 Å². The van der Waals surface area contributed by atoms with Crippen LogP contribution in [0.1, 0.15) is 6.42 Å². The summed E-state index contributed by atoms with van der Waals surface area (Å²) in [4.78, 5) is 21.4. The van der Waals surface area contributed by atoms with Crippen molar-refractivity contribution in [3.8, 4) is 0 Å². The van der Waals surface area contributed by atoms with Crippen LogP contribution >= 0.6 is 0 Å². The minimum Gasteiger partial charge on any atom is -0.477 e. The van der Waals surface area contributed by atoms with E-state index in [-0.39, 0.29) is 6.41 Å². The minimum absolute atomic E-state index is 0.188. The first kappa shape index (κ1) is 16.8. The second-order valence-electron chi connectivity index (χ2n) is 4.49. The molecule has 20 heavy (non-hydrogen) atoms. The number of hydrogen-bond acceptors (Lipinski definition) is 8. The van der Waals surface area contributed by atoms with E-state index in [4.69, 9.17) is 14.9 Å². The average molecular weight is 295 g/mol. The molecule has 116 valence electrons. The molecule has 1 rings (SSSR count). The third-order valence-corrected chi connectivity index (χ3v) is 3.10. The van der Waals surface area contributed by atoms with Gasteiger partial charge in [0.05, 0.1) is 18.8 Å². The Morgan fingerprint density at radius 1 is 1.50 bits per heavy atom. The molecule has 10 nitrogen and oxygen atoms in total. The lowest BCUT2D eigenvalue weighted by Gasteiger charge is -2.44. The Balaban J connectivity index is 3.03. The first-order chi connectivity index (χ1) is 9.26. The number of ether oxygens (including phenoxy) is 1. The number of carbonyl (C=O) groups excluding carboxylic acids is 1. The molecule has 6 atom stereocenters. The van der Waals surface area contributed by atoms with Gasteiger partial charge in [-0.2, -0.15) is 0 Å². The number of carbonyl (C=O) groups is 2. The second-order valence-corrected chi connectivity index (χ2v) is 4.49. The molecule has 0 saturated carbocycles. The summed E-state index contributed by atoms with van der Waals surface area (Å²) < 4.78 is 4.81. The van der Waals surface area contributed by atoms with E-state index in [2.05, 4.69) is 5.32 Å². The highest BCUT2D eigenvalue weighted by Crippen LogP contribution is 2.30. The van der Waals surface area contributed by atoms with Gasteiger partial charge in [0, 0.05) is 6.42 Å². The van der Waals surface area contributed by atoms with E-state index in [1.807, 2.05) is 0 Å². The molecule has 0 radical (unpaired) electrons. The SMILES string of the molecule is O=CN[C@H]1[C@H]([C@H](O)[C@H](O)CO)OC(O)(C(=O)O)C[C@@H]1O. The Morgan fingerprint density at radius 3 is 2.55 bits per heavy atom. The van der Waals surface area contributed by atoms with Gasteiger partial charge in [-0.15, -0.1) is 0 Å². The van der Waals surface area contributed by atoms with Crippen molar-refractivity contribution >= 4 is 12.4 Å². The zero-order chi connectivity index (χ0) is 15.5. The number of nitrogens with one attached hydrogen (secondary N) is 1. The normalized spacial score (nSPS) is 37.0. The van der Waals surface area contributed by atoms with E-state index in [1.165, 1.54) is 0 Å². The monoisotopic (exact) mass is 295 g/mol. The average Bonchev–Trinajstić information content (AvgIpc) is 2.39. The Morgan fingerprint density at radius 2 is 2.10 bits per heavy atom. The van der Waals surface area contributed by atoms with Crippen molar-refractivity contribution in [2.75, 3.05) is 6.61 Å². The Hall–Kier alpha value is -1.30. The van der Waals surface area contributed by atoms with Gasteiger partial charge in [0.25, 0.3) is 5.79 Å². The molecule has 1 amide bonds. The highest BCUT2D eigenvalue weighted by atomic mass is 16.7. The molecule has 7 N–H and O–H groups in total. The molecule has 0 aromatic heterocycles. The predicted molar refractivity (Wildman–Crippen MR) is 60.2 cm³/mol. The number of rotatable bonds is 6. The van der Waals surface area contributed by atoms with Crippen molar-refractivity contribution in [2.45, 2.75) is 42.7 Å². The van der Waals surface area contributed by atoms with Crippen molar-refractivity contribution < 1.29 is 45.0 Å². The number of carboxylic acids is 1. The number of carboxylic acid groups (broad SMARTS) is 1. The largest absolute Gasteiger partial charge is 0.477 e. The van der Waals surface area contributed by atoms with Gasteiger partial charge in [-0.3, -0.25) is 4.79 Å². The number of hydrogen-bond donors (Lipinski definition) is 7. The van der Waals surface area contributed by atoms with Crippen LogP contribution in [0.2, 0.25) is 0 Å². The van der Waals surface area contributed by atoms with Crippen LogP contribution in [-0.2, 0) is 14.3 Å². The third-order valence-electron chi connectivity index (χ3n) is 3.10. The first-order valence-electron chi connectivity index (χ1n) is 5.75. The summed E-state index contributed by atoms with van der Waals surface area (Å²) in [6.07, 6.45) is -7.27. The second kappa shape index (κ2) is 6.43. The van der Waals surface area contributed by atoms with Crippen LogP contribution in [0.3, 0.4) is 0 Å². The minimum atomic E-state index is -2.78. The van der Waals surface area contributed by atoms with Gasteiger partial charge >= 0.3 is 5.97 Å². The van der Waals surface area contributed by atoms with Crippen LogP contribution < -0.4 is 5.32 Å². The lowest BCUT2D eigenvalue weighted by Crippen LogP contribution is -2.66. The van der Waals surface area contributed by atoms with E-state index >= 15 is 0 Å². The zero-order valence-electron chi connectivity index (χ0n) is 10.3. The summed E-state index contributed by atoms with van der Waals surface area (Å²) >= 11 is 0. The number of aliphatic hydroxyl groups excluding tert-OH is 4. The van der Waals surface area contributed by atoms with Crippen molar-refractivity contribution in [1.29, 1.82) is 0 Å². The van der Waals surface area contributed by atoms with Crippen LogP contribution in [0.15, 0.2) is 0 Å². The van der Waals surface area contributed by atoms with Gasteiger partial charge in [-0.25, -0.2) is 4.79 Å². The van der Waals surface area contributed by atoms with Gasteiger partial charge in [0.15, 0.2) is 0 Å². The zero-order valence-corrected chi connectivity index (χ0v) is 10.3. The van der Waals surface area contributed by atoms with Crippen LogP contribution in [0.25, 0.3) is 0 Å². The standard InChI is InChI=1S/C10H17NO9/c12-2-5(15)7(16)8-6(11-3-13)4(14)1-10(19,20-8)9(17)18/h3-8,12,14-16,19H,1-2H2,(H,11,13)(H,17,18)/t4-,5+,6+,7+,8+,10?/m0/s1. The molecule has 1 fully saturated rings. The van der Waals surface area contributed by atoms with Crippen LogP contribution in [-0.4, -0.2) is 85.9 Å². The van der Waals surface area contributed by atoms with Crippen LogP contribution in [0.5, 0.6) is 0 Å². The van der Waals surface area contributed by atoms with E-state index < -0.39 is 55.2 Å². The molecule has 1 unspecified atom stereocenters. The predicted octanol–water partition coefficient (Wildman–Crippen LogP) is -4.26. The van der Waals surface area contributed by atoms with Crippen molar-refractivity contribution in [2.24, 2.45) is 0 Å². The Kier molecular flexibility index (Phi) is 5.39. The Bertz CT molecular complexity index is 365. The number of aliphatic carboxylic acids is 1. The molecule has 1 aliphatic heterocycles. The third kappa shape index (κ3) is 3.23. The summed E-state index contributed by atoms with van der Waals surface area (Å²) in [5.74, 6) is -4.57. The fourth-order valence-corrected chi connectivity index (χ4v) is 2.01. The molecule has 0 spiro atoms. The van der Waals surface area contributed by atoms with Gasteiger partial charge in [-0.1, -0.05) is 0 Å². The maximum atomic E-state index is 10.9. The fourth-order valence-electron chi connectivity index (χ4n) is 2.01. The molecule has 0 bridgehead atoms. The molecule has 0 aromatic carbocycles. The summed E-state index contributed by atoms with van der Waals surface area (Å²) in [5, 5.41) is 58.3. The van der Waals surface area contributed by atoms with Gasteiger partial charge in [0.2, 0.25) is 6.41 Å². The van der Waals surface area contributed by atoms with Gasteiger partial charge < -0.3 is 40.7 Å². The van der Waals surface area contributed by atoms with Gasteiger partial charge in [-0.05, 0) is 0 Å². The smallest absolute Gasteiger partial charge is 0.364 e. The van der Waals surface area contributed by atoms with E-state index in [0.717, 1.165) is 0 Å². The molecular formula is C10H17NO9. The first-order valence-corrected chi connectivity index (χ1v) is 5.75. The van der Waals surface area contributed by atoms with E-state index in [9.17, 15) is 30.0 Å². The van der Waals surface area contributed by atoms with E-state index in [0.29, 0.717) is 0 Å². The summed E-state index contributed by atoms with van der Waals surface area (Å²) in [5.41, 5.74) is 0. The number of amides is 1. The van der Waals surface area contributed by atoms with Crippen molar-refractivity contribution in [1.82, 2.24) is 5.32 Å². The van der Waals surface area contributed by atoms with Crippen molar-refractivity contribution in [3.05, 3.63) is 0 Å². The molecule has 1 heterocycles. The molecule has 0 aliphatic carbocycles. The van der Waals surface area contributed by atoms with Gasteiger partial charge in [0.1, 0.15) is 18.3 Å². The molecule has 1 saturated heterocycles. The van der Waals surface area contributed by atoms with E-state index in [1.54, 1.807) is 0 Å². The van der Waals surface area contributed by atoms with Crippen molar-refractivity contribution in [3.63, 3.8) is 0 Å². The summed E-state index contributed by atoms with van der Waals surface area (Å²) in [6.45, 7) is -0.865. The topological polar surface area (TPSA) is 177 Å². The maximum absolute atomic E-state index is 10.9. The van der Waals surface area contributed by atoms with Crippen LogP contribution in [0.4, 0.5) is 0 Å². The highest BCUT2D eigenvalue weighted by molar-refractivity contribution is 5.75. The summed E-state index contributed by atoms with van der Waals surface area (Å²) in [7, 11) is 0. The summed E-state index contributed by atoms with van der Waals surface area (Å²) in [6, 6.07) is -1.26. The maximum Gasteiger partial charge on any atom is 0.364 e. The molecule has 10 heteroatoms. The number of aliphatic hydroxyl groups is 5. The molecule has 0 aromatic rings. The molecular weight excluding hydrogens is 278 g/mol. The lowest BCUT2D eigenvalue weighted by molar-refractivity contribution is -0.294. The Labute approximate surface area is 113 Å². The fraction of sp³-hybridized carbons (Fsp3) is 0.800. The highest BCUT2D eigenvalue weighted by Gasteiger charge is 2.53. The quantitative estimate of drug-likeness (QED) is 0.239.